The van der Waals surface area contributed by atoms with Crippen molar-refractivity contribution < 1.29 is 24.2 Å². The molecule has 1 heterocycles. The highest BCUT2D eigenvalue weighted by Crippen LogP contribution is 2.42. The summed E-state index contributed by atoms with van der Waals surface area (Å²) in [5.74, 6) is 2.18. The van der Waals surface area contributed by atoms with E-state index in [-0.39, 0.29) is 35.0 Å². The Balaban J connectivity index is 2.03. The van der Waals surface area contributed by atoms with Crippen LogP contribution in [0.2, 0.25) is 0 Å². The van der Waals surface area contributed by atoms with E-state index in [1.54, 1.807) is 0 Å². The molecule has 0 radical (unpaired) electrons. The van der Waals surface area contributed by atoms with E-state index in [2.05, 4.69) is 46.8 Å². The Morgan fingerprint density at radius 2 is 1.89 bits per heavy atom. The minimum absolute atomic E-state index is 0.139. The maximum absolute atomic E-state index is 11.7. The van der Waals surface area contributed by atoms with Crippen molar-refractivity contribution >= 4 is 17.3 Å². The molecule has 1 aromatic heterocycles. The number of benzene rings is 1. The van der Waals surface area contributed by atoms with Crippen LogP contribution in [0.25, 0.3) is 11.0 Å². The third-order valence-electron chi connectivity index (χ3n) is 7.02. The first-order chi connectivity index (χ1) is 16.5. The summed E-state index contributed by atoms with van der Waals surface area (Å²) >= 11 is 0. The Kier molecular flexibility index (Phi) is 10.6. The van der Waals surface area contributed by atoms with Crippen molar-refractivity contribution in [2.75, 3.05) is 7.11 Å². The lowest BCUT2D eigenvalue weighted by atomic mass is 9.89. The topological polar surface area (TPSA) is 79.9 Å². The zero-order chi connectivity index (χ0) is 26.3. The number of aliphatic hydroxyl groups excluding tert-OH is 1. The fraction of sp³-hybridized carbons (Fsp3) is 0.567. The van der Waals surface area contributed by atoms with E-state index >= 15 is 0 Å². The maximum Gasteiger partial charge on any atom is 0.169 e. The molecule has 5 nitrogen and oxygen atoms in total. The first-order valence-corrected chi connectivity index (χ1v) is 12.8. The van der Waals surface area contributed by atoms with Gasteiger partial charge >= 0.3 is 0 Å². The summed E-state index contributed by atoms with van der Waals surface area (Å²) in [6.07, 6.45) is 10.5. The number of carbonyl (C=O) groups excluding carboxylic acids is 1. The highest BCUT2D eigenvalue weighted by molar-refractivity contribution is 6.02. The molecule has 5 heteroatoms. The minimum atomic E-state index is -0.295. The largest absolute Gasteiger partial charge is 0.504 e. The van der Waals surface area contributed by atoms with E-state index in [4.69, 9.17) is 9.15 Å². The van der Waals surface area contributed by atoms with Gasteiger partial charge in [-0.1, -0.05) is 51.5 Å². The molecule has 0 aliphatic rings. The lowest BCUT2D eigenvalue weighted by Crippen LogP contribution is -2.16. The number of aldehydes is 1. The van der Waals surface area contributed by atoms with Crippen molar-refractivity contribution in [3.8, 4) is 11.5 Å². The number of fused-ring (bicyclic) bond motifs is 1. The van der Waals surface area contributed by atoms with Gasteiger partial charge < -0.3 is 19.4 Å². The zero-order valence-corrected chi connectivity index (χ0v) is 22.7. The molecule has 2 rings (SSSR count). The number of aromatic hydroxyl groups is 1. The second-order valence-electron chi connectivity index (χ2n) is 10.4. The van der Waals surface area contributed by atoms with Crippen molar-refractivity contribution in [3.05, 3.63) is 46.8 Å². The van der Waals surface area contributed by atoms with Crippen molar-refractivity contribution in [2.45, 2.75) is 86.2 Å². The Morgan fingerprint density at radius 3 is 2.49 bits per heavy atom. The molecule has 0 saturated carbocycles. The Morgan fingerprint density at radius 1 is 1.20 bits per heavy atom. The monoisotopic (exact) mass is 484 g/mol. The number of aryl methyl sites for hydroxylation is 1. The lowest BCUT2D eigenvalue weighted by molar-refractivity contribution is 0.112. The highest BCUT2D eigenvalue weighted by Gasteiger charge is 2.23. The number of aliphatic hydroxyl groups is 1. The summed E-state index contributed by atoms with van der Waals surface area (Å²) in [7, 11) is 1.47. The predicted octanol–water partition coefficient (Wildman–Crippen LogP) is 7.72. The number of rotatable bonds is 13. The van der Waals surface area contributed by atoms with Crippen molar-refractivity contribution in [2.24, 2.45) is 17.8 Å². The van der Waals surface area contributed by atoms with Gasteiger partial charge in [-0.05, 0) is 70.3 Å². The van der Waals surface area contributed by atoms with Crippen LogP contribution in [0.15, 0.2) is 34.3 Å². The Labute approximate surface area is 210 Å². The van der Waals surface area contributed by atoms with Gasteiger partial charge in [0.2, 0.25) is 0 Å². The number of allylic oxidation sites excluding steroid dienone is 3. The van der Waals surface area contributed by atoms with Gasteiger partial charge in [0.15, 0.2) is 17.8 Å². The molecule has 0 spiro atoms. The van der Waals surface area contributed by atoms with Gasteiger partial charge in [0.05, 0.1) is 18.8 Å². The summed E-state index contributed by atoms with van der Waals surface area (Å²) in [6, 6.07) is 1.88. The molecule has 0 aliphatic heterocycles. The third-order valence-corrected chi connectivity index (χ3v) is 7.02. The number of hydrogen-bond donors (Lipinski definition) is 2. The predicted molar refractivity (Wildman–Crippen MR) is 144 cm³/mol. The molecule has 0 saturated heterocycles. The number of hydrogen-bond acceptors (Lipinski definition) is 5. The molecule has 194 valence electrons. The molecular formula is C30H44O5. The molecule has 35 heavy (non-hydrogen) atoms. The van der Waals surface area contributed by atoms with Crippen LogP contribution in [0.5, 0.6) is 11.5 Å². The van der Waals surface area contributed by atoms with Crippen molar-refractivity contribution in [3.63, 3.8) is 0 Å². The summed E-state index contributed by atoms with van der Waals surface area (Å²) in [5, 5.41) is 21.4. The van der Waals surface area contributed by atoms with E-state index in [0.29, 0.717) is 34.7 Å². The van der Waals surface area contributed by atoms with E-state index < -0.39 is 0 Å². The third kappa shape index (κ3) is 7.23. The van der Waals surface area contributed by atoms with E-state index in [1.807, 2.05) is 26.0 Å². The van der Waals surface area contributed by atoms with Crippen LogP contribution < -0.4 is 4.74 Å². The number of phenols is 1. The fourth-order valence-corrected chi connectivity index (χ4v) is 5.15. The second-order valence-corrected chi connectivity index (χ2v) is 10.4. The number of ether oxygens (including phenoxy) is 1. The highest BCUT2D eigenvalue weighted by atomic mass is 16.5. The number of furan rings is 1. The molecule has 0 amide bonds. The first kappa shape index (κ1) is 28.7. The van der Waals surface area contributed by atoms with Crippen molar-refractivity contribution in [1.29, 1.82) is 0 Å². The van der Waals surface area contributed by atoms with Crippen molar-refractivity contribution in [1.82, 2.24) is 0 Å². The molecule has 2 aromatic rings. The van der Waals surface area contributed by atoms with Gasteiger partial charge in [-0.15, -0.1) is 0 Å². The van der Waals surface area contributed by atoms with Gasteiger partial charge in [-0.2, -0.15) is 0 Å². The van der Waals surface area contributed by atoms with Gasteiger partial charge in [0.25, 0.3) is 0 Å². The van der Waals surface area contributed by atoms with E-state index in [1.165, 1.54) is 12.7 Å². The maximum atomic E-state index is 11.7. The minimum Gasteiger partial charge on any atom is -0.504 e. The average molecular weight is 485 g/mol. The summed E-state index contributed by atoms with van der Waals surface area (Å²) < 4.78 is 11.5. The molecule has 0 fully saturated rings. The second kappa shape index (κ2) is 13.0. The summed E-state index contributed by atoms with van der Waals surface area (Å²) in [4.78, 5) is 11.7. The van der Waals surface area contributed by atoms with Crippen LogP contribution in [-0.2, 0) is 0 Å². The molecule has 0 aliphatic carbocycles. The fourth-order valence-electron chi connectivity index (χ4n) is 5.15. The lowest BCUT2D eigenvalue weighted by Gasteiger charge is -2.19. The van der Waals surface area contributed by atoms with Crippen LogP contribution in [-0.4, -0.2) is 29.7 Å². The van der Waals surface area contributed by atoms with Gasteiger partial charge in [0, 0.05) is 16.9 Å². The van der Waals surface area contributed by atoms with Crippen LogP contribution in [0, 0.1) is 24.7 Å². The van der Waals surface area contributed by atoms with E-state index in [9.17, 15) is 15.0 Å². The quantitative estimate of drug-likeness (QED) is 0.225. The zero-order valence-electron chi connectivity index (χ0n) is 22.7. The Hall–Kier alpha value is -2.53. The number of methoxy groups -OCH3 is 1. The number of phenolic OH excluding ortho intramolecular Hbond substituents is 1. The van der Waals surface area contributed by atoms with Gasteiger partial charge in [-0.25, -0.2) is 0 Å². The molecule has 1 aromatic carbocycles. The molecular weight excluding hydrogens is 440 g/mol. The van der Waals surface area contributed by atoms with Crippen LogP contribution in [0.3, 0.4) is 0 Å². The average Bonchev–Trinajstić information content (AvgIpc) is 3.23. The summed E-state index contributed by atoms with van der Waals surface area (Å²) in [6.45, 7) is 14.7. The summed E-state index contributed by atoms with van der Waals surface area (Å²) in [5.41, 5.74) is 2.85. The molecule has 0 bridgehead atoms. The SMILES string of the molecule is C/C=C/C(C)[C@H](O)CC[C@H](C)/C=C(\C)C[C@@H](C)C[C@H](C)c1cc2c(C=O)c(O)c(OC)c(C)c2o1. The standard InChI is InChI=1S/C30H44O5/c1-9-10-21(5)26(32)12-11-18(2)13-19(3)14-20(4)15-22(6)27-16-24-25(17-31)28(33)30(34-8)23(7)29(24)35-27/h9-10,13,16-18,20-22,26,32-33H,11-12,14-15H2,1-8H3/b10-9+,19-13+/t18-,20+,21?,22-,26+/m0/s1. The first-order valence-electron chi connectivity index (χ1n) is 12.8. The van der Waals surface area contributed by atoms with Crippen LogP contribution in [0.4, 0.5) is 0 Å². The normalized spacial score (nSPS) is 16.9. The van der Waals surface area contributed by atoms with Crippen LogP contribution >= 0.6 is 0 Å². The molecule has 2 N–H and O–H groups in total. The van der Waals surface area contributed by atoms with Crippen LogP contribution in [0.1, 0.15) is 94.8 Å². The number of carbonyl (C=O) groups is 1. The van der Waals surface area contributed by atoms with Gasteiger partial charge in [-0.3, -0.25) is 4.79 Å². The smallest absolute Gasteiger partial charge is 0.169 e. The van der Waals surface area contributed by atoms with E-state index in [0.717, 1.165) is 31.4 Å². The Bertz CT molecular complexity index is 1040. The van der Waals surface area contributed by atoms with Gasteiger partial charge in [0.1, 0.15) is 11.3 Å². The molecule has 5 atom stereocenters. The molecule has 1 unspecified atom stereocenters.